The molecule has 0 fully saturated rings. The summed E-state index contributed by atoms with van der Waals surface area (Å²) in [7, 11) is 1.49. The lowest BCUT2D eigenvalue weighted by molar-refractivity contribution is 0.0525. The molecule has 0 aliphatic carbocycles. The molecule has 3 aromatic rings. The van der Waals surface area contributed by atoms with Gasteiger partial charge in [0.1, 0.15) is 11.3 Å². The summed E-state index contributed by atoms with van der Waals surface area (Å²) in [5.74, 6) is -0.253. The number of esters is 1. The highest BCUT2D eigenvalue weighted by Gasteiger charge is 2.22. The van der Waals surface area contributed by atoms with Gasteiger partial charge in [-0.15, -0.1) is 0 Å². The number of aromatic amines is 1. The van der Waals surface area contributed by atoms with Gasteiger partial charge in [0.15, 0.2) is 0 Å². The SMILES string of the molecule is CCOC(=O)c1c(-c2cccc(Br)c2)[nH]c2cc(OC)c(Cl)cc2c1=O. The van der Waals surface area contributed by atoms with Gasteiger partial charge in [0, 0.05) is 21.5 Å². The monoisotopic (exact) mass is 435 g/mol. The third-order valence-electron chi connectivity index (χ3n) is 3.87. The number of fused-ring (bicyclic) bond motifs is 1. The normalized spacial score (nSPS) is 10.8. The number of carbonyl (C=O) groups is 1. The van der Waals surface area contributed by atoms with Crippen LogP contribution in [0, 0.1) is 0 Å². The van der Waals surface area contributed by atoms with Crippen molar-refractivity contribution in [2.24, 2.45) is 0 Å². The molecule has 0 spiro atoms. The third kappa shape index (κ3) is 3.34. The van der Waals surface area contributed by atoms with E-state index in [4.69, 9.17) is 21.1 Å². The maximum absolute atomic E-state index is 13.0. The zero-order valence-electron chi connectivity index (χ0n) is 14.1. The standard InChI is InChI=1S/C19H15BrClNO4/c1-3-26-19(24)16-17(10-5-4-6-11(20)7-10)22-14-9-15(25-2)13(21)8-12(14)18(16)23/h4-9H,3H2,1-2H3,(H,22,23). The number of pyridine rings is 1. The van der Waals surface area contributed by atoms with Gasteiger partial charge in [-0.25, -0.2) is 4.79 Å². The molecule has 0 aliphatic heterocycles. The summed E-state index contributed by atoms with van der Waals surface area (Å²) < 4.78 is 11.1. The Morgan fingerprint density at radius 1 is 1.27 bits per heavy atom. The van der Waals surface area contributed by atoms with Crippen LogP contribution in [0.4, 0.5) is 0 Å². The van der Waals surface area contributed by atoms with E-state index < -0.39 is 11.4 Å². The highest BCUT2D eigenvalue weighted by atomic mass is 79.9. The summed E-state index contributed by atoms with van der Waals surface area (Å²) in [6.07, 6.45) is 0. The van der Waals surface area contributed by atoms with Crippen LogP contribution in [0.1, 0.15) is 17.3 Å². The third-order valence-corrected chi connectivity index (χ3v) is 4.65. The molecule has 134 valence electrons. The molecule has 0 saturated carbocycles. The smallest absolute Gasteiger partial charge is 0.344 e. The molecule has 5 nitrogen and oxygen atoms in total. The highest BCUT2D eigenvalue weighted by Crippen LogP contribution is 2.31. The van der Waals surface area contributed by atoms with Crippen molar-refractivity contribution in [3.63, 3.8) is 0 Å². The Labute approximate surface area is 163 Å². The first-order valence-corrected chi connectivity index (χ1v) is 9.00. The number of carbonyl (C=O) groups excluding carboxylic acids is 1. The predicted octanol–water partition coefficient (Wildman–Crippen LogP) is 4.80. The van der Waals surface area contributed by atoms with E-state index in [1.807, 2.05) is 18.2 Å². The summed E-state index contributed by atoms with van der Waals surface area (Å²) in [5.41, 5.74) is 1.07. The lowest BCUT2D eigenvalue weighted by Gasteiger charge is -2.13. The minimum atomic E-state index is -0.683. The first kappa shape index (κ1) is 18.5. The molecule has 26 heavy (non-hydrogen) atoms. The van der Waals surface area contributed by atoms with E-state index in [0.717, 1.165) is 4.47 Å². The second-order valence-corrected chi connectivity index (χ2v) is 6.79. The van der Waals surface area contributed by atoms with Gasteiger partial charge in [0.2, 0.25) is 5.43 Å². The highest BCUT2D eigenvalue weighted by molar-refractivity contribution is 9.10. The molecule has 1 N–H and O–H groups in total. The van der Waals surface area contributed by atoms with Gasteiger partial charge in [-0.05, 0) is 25.1 Å². The van der Waals surface area contributed by atoms with Crippen LogP contribution in [-0.4, -0.2) is 24.7 Å². The number of halogens is 2. The van der Waals surface area contributed by atoms with Crippen molar-refractivity contribution in [1.82, 2.24) is 4.98 Å². The molecular formula is C19H15BrClNO4. The number of ether oxygens (including phenoxy) is 2. The van der Waals surface area contributed by atoms with Gasteiger partial charge in [-0.2, -0.15) is 0 Å². The number of methoxy groups -OCH3 is 1. The molecule has 0 aliphatic rings. The predicted molar refractivity (Wildman–Crippen MR) is 105 cm³/mol. The maximum atomic E-state index is 13.0. The van der Waals surface area contributed by atoms with Crippen LogP contribution in [0.2, 0.25) is 5.02 Å². The van der Waals surface area contributed by atoms with Crippen molar-refractivity contribution in [2.45, 2.75) is 6.92 Å². The van der Waals surface area contributed by atoms with E-state index in [0.29, 0.717) is 22.5 Å². The molecule has 7 heteroatoms. The Bertz CT molecular complexity index is 1060. The van der Waals surface area contributed by atoms with Gasteiger partial charge >= 0.3 is 5.97 Å². The number of hydrogen-bond acceptors (Lipinski definition) is 4. The van der Waals surface area contributed by atoms with Crippen LogP contribution < -0.4 is 10.2 Å². The molecule has 0 radical (unpaired) electrons. The lowest BCUT2D eigenvalue weighted by atomic mass is 10.0. The summed E-state index contributed by atoms with van der Waals surface area (Å²) in [6.45, 7) is 1.85. The molecule has 0 bridgehead atoms. The fourth-order valence-corrected chi connectivity index (χ4v) is 3.35. The Balaban J connectivity index is 2.40. The van der Waals surface area contributed by atoms with Gasteiger partial charge in [0.25, 0.3) is 0 Å². The Morgan fingerprint density at radius 2 is 2.04 bits per heavy atom. The molecule has 1 heterocycles. The number of rotatable bonds is 4. The van der Waals surface area contributed by atoms with Crippen LogP contribution >= 0.6 is 27.5 Å². The first-order valence-electron chi connectivity index (χ1n) is 7.82. The van der Waals surface area contributed by atoms with Crippen molar-refractivity contribution in [2.75, 3.05) is 13.7 Å². The summed E-state index contributed by atoms with van der Waals surface area (Å²) >= 11 is 9.55. The molecule has 1 aromatic heterocycles. The minimum Gasteiger partial charge on any atom is -0.495 e. The molecule has 0 atom stereocenters. The van der Waals surface area contributed by atoms with Crippen LogP contribution in [0.5, 0.6) is 5.75 Å². The van der Waals surface area contributed by atoms with Crippen LogP contribution in [-0.2, 0) is 4.74 Å². The molecule has 0 amide bonds. The van der Waals surface area contributed by atoms with Crippen molar-refractivity contribution in [3.05, 3.63) is 61.7 Å². The number of aromatic nitrogens is 1. The molecule has 2 aromatic carbocycles. The summed E-state index contributed by atoms with van der Waals surface area (Å²) in [4.78, 5) is 28.7. The van der Waals surface area contributed by atoms with E-state index >= 15 is 0 Å². The van der Waals surface area contributed by atoms with E-state index in [-0.39, 0.29) is 22.6 Å². The van der Waals surface area contributed by atoms with Gasteiger partial charge in [-0.1, -0.05) is 39.7 Å². The van der Waals surface area contributed by atoms with E-state index in [9.17, 15) is 9.59 Å². The average molecular weight is 437 g/mol. The Morgan fingerprint density at radius 3 is 2.69 bits per heavy atom. The molecule has 0 unspecified atom stereocenters. The van der Waals surface area contributed by atoms with E-state index in [2.05, 4.69) is 20.9 Å². The fraction of sp³-hybridized carbons (Fsp3) is 0.158. The summed E-state index contributed by atoms with van der Waals surface area (Å²) in [6, 6.07) is 10.4. The van der Waals surface area contributed by atoms with Crippen molar-refractivity contribution < 1.29 is 14.3 Å². The quantitative estimate of drug-likeness (QED) is 0.597. The van der Waals surface area contributed by atoms with Crippen LogP contribution in [0.3, 0.4) is 0 Å². The Hall–Kier alpha value is -2.31. The topological polar surface area (TPSA) is 68.4 Å². The molecule has 3 rings (SSSR count). The van der Waals surface area contributed by atoms with Crippen molar-refractivity contribution in [3.8, 4) is 17.0 Å². The minimum absolute atomic E-state index is 0.0568. The zero-order chi connectivity index (χ0) is 18.8. The summed E-state index contributed by atoms with van der Waals surface area (Å²) in [5, 5.41) is 0.577. The van der Waals surface area contributed by atoms with Crippen LogP contribution in [0.25, 0.3) is 22.2 Å². The largest absolute Gasteiger partial charge is 0.495 e. The van der Waals surface area contributed by atoms with E-state index in [1.54, 1.807) is 19.1 Å². The fourth-order valence-electron chi connectivity index (χ4n) is 2.70. The number of nitrogens with one attached hydrogen (secondary N) is 1. The Kier molecular flexibility index (Phi) is 5.34. The average Bonchev–Trinajstić information content (AvgIpc) is 2.61. The van der Waals surface area contributed by atoms with Crippen molar-refractivity contribution in [1.29, 1.82) is 0 Å². The second-order valence-electron chi connectivity index (χ2n) is 5.47. The number of H-pyrrole nitrogens is 1. The van der Waals surface area contributed by atoms with Gasteiger partial charge in [0.05, 0.1) is 29.9 Å². The second kappa shape index (κ2) is 7.51. The van der Waals surface area contributed by atoms with Crippen molar-refractivity contribution >= 4 is 44.4 Å². The number of benzene rings is 2. The van der Waals surface area contributed by atoms with E-state index in [1.165, 1.54) is 13.2 Å². The number of hydrogen-bond donors (Lipinski definition) is 1. The molecule has 0 saturated heterocycles. The maximum Gasteiger partial charge on any atom is 0.344 e. The zero-order valence-corrected chi connectivity index (χ0v) is 16.4. The first-order chi connectivity index (χ1) is 12.5. The lowest BCUT2D eigenvalue weighted by Crippen LogP contribution is -2.20. The molecular weight excluding hydrogens is 422 g/mol. The van der Waals surface area contributed by atoms with Crippen LogP contribution in [0.15, 0.2) is 45.7 Å². The van der Waals surface area contributed by atoms with Gasteiger partial charge < -0.3 is 14.5 Å². The van der Waals surface area contributed by atoms with Gasteiger partial charge in [-0.3, -0.25) is 4.79 Å².